The van der Waals surface area contributed by atoms with Gasteiger partial charge in [-0.25, -0.2) is 0 Å². The molecular weight excluding hydrogens is 214 g/mol. The third-order valence-corrected chi connectivity index (χ3v) is 2.83. The number of likely N-dealkylation sites (N-methyl/N-ethyl adjacent to an activating group) is 1. The molecule has 1 N–H and O–H groups in total. The van der Waals surface area contributed by atoms with Gasteiger partial charge in [0, 0.05) is 13.2 Å². The first-order chi connectivity index (χ1) is 6.41. The summed E-state index contributed by atoms with van der Waals surface area (Å²) >= 11 is 0. The fraction of sp³-hybridized carbons (Fsp3) is 1.00. The van der Waals surface area contributed by atoms with E-state index in [-0.39, 0.29) is 24.1 Å². The number of aliphatic hydroxyl groups excluding tert-OH is 1. The molecular formula is C11H24ClNO2. The Morgan fingerprint density at radius 1 is 1.47 bits per heavy atom. The van der Waals surface area contributed by atoms with Gasteiger partial charge >= 0.3 is 0 Å². The van der Waals surface area contributed by atoms with Crippen LogP contribution in [0.1, 0.15) is 26.7 Å². The number of aliphatic hydroxyl groups is 1. The highest BCUT2D eigenvalue weighted by atomic mass is 35.5. The van der Waals surface area contributed by atoms with Crippen molar-refractivity contribution in [1.82, 2.24) is 4.90 Å². The van der Waals surface area contributed by atoms with Gasteiger partial charge < -0.3 is 14.7 Å². The summed E-state index contributed by atoms with van der Waals surface area (Å²) in [5.74, 6) is 0.390. The van der Waals surface area contributed by atoms with E-state index in [1.165, 1.54) is 0 Å². The molecule has 92 valence electrons. The van der Waals surface area contributed by atoms with E-state index in [2.05, 4.69) is 13.8 Å². The van der Waals surface area contributed by atoms with Crippen LogP contribution in [0.2, 0.25) is 0 Å². The van der Waals surface area contributed by atoms with Crippen LogP contribution in [-0.2, 0) is 4.74 Å². The highest BCUT2D eigenvalue weighted by Crippen LogP contribution is 2.30. The Kier molecular flexibility index (Phi) is 6.11. The predicted octanol–water partition coefficient (Wildman–Crippen LogP) is 1.54. The SMILES string of the molecule is CN(C)CC(O)[C@H]1CCOC(C)(C)C1.Cl. The topological polar surface area (TPSA) is 32.7 Å². The Morgan fingerprint density at radius 2 is 2.07 bits per heavy atom. The highest BCUT2D eigenvalue weighted by molar-refractivity contribution is 5.85. The van der Waals surface area contributed by atoms with Gasteiger partial charge in [0.15, 0.2) is 0 Å². The number of ether oxygens (including phenoxy) is 1. The Morgan fingerprint density at radius 3 is 2.53 bits per heavy atom. The van der Waals surface area contributed by atoms with Gasteiger partial charge in [0.1, 0.15) is 0 Å². The fourth-order valence-electron chi connectivity index (χ4n) is 2.13. The second-order valence-electron chi connectivity index (χ2n) is 5.19. The van der Waals surface area contributed by atoms with Crippen molar-refractivity contribution in [3.05, 3.63) is 0 Å². The quantitative estimate of drug-likeness (QED) is 0.808. The summed E-state index contributed by atoms with van der Waals surface area (Å²) in [4.78, 5) is 2.03. The Labute approximate surface area is 99.2 Å². The van der Waals surface area contributed by atoms with E-state index in [1.54, 1.807) is 0 Å². The highest BCUT2D eigenvalue weighted by Gasteiger charge is 2.32. The average Bonchev–Trinajstić information content (AvgIpc) is 2.01. The van der Waals surface area contributed by atoms with Gasteiger partial charge in [-0.2, -0.15) is 0 Å². The normalized spacial score (nSPS) is 27.2. The monoisotopic (exact) mass is 237 g/mol. The van der Waals surface area contributed by atoms with Crippen molar-refractivity contribution in [3.8, 4) is 0 Å². The van der Waals surface area contributed by atoms with Crippen molar-refractivity contribution in [2.45, 2.75) is 38.4 Å². The van der Waals surface area contributed by atoms with Gasteiger partial charge in [0.05, 0.1) is 11.7 Å². The van der Waals surface area contributed by atoms with E-state index in [4.69, 9.17) is 4.74 Å². The molecule has 3 nitrogen and oxygen atoms in total. The molecule has 0 aromatic heterocycles. The lowest BCUT2D eigenvalue weighted by Gasteiger charge is -2.38. The molecule has 1 aliphatic rings. The van der Waals surface area contributed by atoms with E-state index >= 15 is 0 Å². The first-order valence-corrected chi connectivity index (χ1v) is 5.37. The molecule has 0 aliphatic carbocycles. The molecule has 0 bridgehead atoms. The van der Waals surface area contributed by atoms with Crippen LogP contribution in [0.15, 0.2) is 0 Å². The van der Waals surface area contributed by atoms with Crippen LogP contribution >= 0.6 is 12.4 Å². The first kappa shape index (κ1) is 15.2. The zero-order chi connectivity index (χ0) is 10.8. The Balaban J connectivity index is 0.00000196. The van der Waals surface area contributed by atoms with Crippen molar-refractivity contribution in [2.75, 3.05) is 27.2 Å². The van der Waals surface area contributed by atoms with Gasteiger partial charge in [-0.15, -0.1) is 12.4 Å². The van der Waals surface area contributed by atoms with E-state index < -0.39 is 0 Å². The molecule has 4 heteroatoms. The molecule has 15 heavy (non-hydrogen) atoms. The molecule has 1 heterocycles. The molecule has 1 saturated heterocycles. The minimum absolute atomic E-state index is 0. The summed E-state index contributed by atoms with van der Waals surface area (Å²) in [6.07, 6.45) is 1.73. The molecule has 2 atom stereocenters. The van der Waals surface area contributed by atoms with Crippen molar-refractivity contribution in [3.63, 3.8) is 0 Å². The van der Waals surface area contributed by atoms with Gasteiger partial charge in [-0.05, 0) is 46.7 Å². The number of nitrogens with zero attached hydrogens (tertiary/aromatic N) is 1. The van der Waals surface area contributed by atoms with E-state index in [9.17, 15) is 5.11 Å². The smallest absolute Gasteiger partial charge is 0.0696 e. The lowest BCUT2D eigenvalue weighted by atomic mass is 9.84. The van der Waals surface area contributed by atoms with Crippen LogP contribution in [0, 0.1) is 5.92 Å². The third kappa shape index (κ3) is 5.16. The second kappa shape index (κ2) is 6.04. The lowest BCUT2D eigenvalue weighted by molar-refractivity contribution is -0.0972. The molecule has 0 amide bonds. The van der Waals surface area contributed by atoms with Crippen molar-refractivity contribution >= 4 is 12.4 Å². The zero-order valence-electron chi connectivity index (χ0n) is 10.2. The van der Waals surface area contributed by atoms with Crippen molar-refractivity contribution in [2.24, 2.45) is 5.92 Å². The molecule has 0 spiro atoms. The Bertz CT molecular complexity index is 185. The average molecular weight is 238 g/mol. The zero-order valence-corrected chi connectivity index (χ0v) is 11.0. The van der Waals surface area contributed by atoms with Crippen molar-refractivity contribution < 1.29 is 9.84 Å². The molecule has 1 rings (SSSR count). The number of hydrogen-bond acceptors (Lipinski definition) is 3. The minimum atomic E-state index is -0.215. The summed E-state index contributed by atoms with van der Waals surface area (Å²) in [5, 5.41) is 9.98. The largest absolute Gasteiger partial charge is 0.392 e. The number of halogens is 1. The number of hydrogen-bond donors (Lipinski definition) is 1. The first-order valence-electron chi connectivity index (χ1n) is 5.37. The van der Waals surface area contributed by atoms with Gasteiger partial charge in [-0.3, -0.25) is 0 Å². The van der Waals surface area contributed by atoms with Gasteiger partial charge in [-0.1, -0.05) is 0 Å². The minimum Gasteiger partial charge on any atom is -0.392 e. The standard InChI is InChI=1S/C11H23NO2.ClH/c1-11(2)7-9(5-6-14-11)10(13)8-12(3)4;/h9-10,13H,5-8H2,1-4H3;1H/t9-,10?;/m0./s1. The molecule has 0 saturated carbocycles. The van der Waals surface area contributed by atoms with Crippen LogP contribution in [0.4, 0.5) is 0 Å². The van der Waals surface area contributed by atoms with E-state index in [0.717, 1.165) is 26.0 Å². The maximum atomic E-state index is 9.98. The van der Waals surface area contributed by atoms with E-state index in [1.807, 2.05) is 19.0 Å². The second-order valence-corrected chi connectivity index (χ2v) is 5.19. The van der Waals surface area contributed by atoms with Crippen LogP contribution in [0.25, 0.3) is 0 Å². The summed E-state index contributed by atoms with van der Waals surface area (Å²) in [7, 11) is 3.99. The van der Waals surface area contributed by atoms with Gasteiger partial charge in [0.25, 0.3) is 0 Å². The molecule has 1 aliphatic heterocycles. The van der Waals surface area contributed by atoms with E-state index in [0.29, 0.717) is 5.92 Å². The predicted molar refractivity (Wildman–Crippen MR) is 64.6 cm³/mol. The molecule has 0 radical (unpaired) electrons. The lowest BCUT2D eigenvalue weighted by Crippen LogP contribution is -2.41. The maximum absolute atomic E-state index is 9.98. The van der Waals surface area contributed by atoms with Crippen LogP contribution < -0.4 is 0 Å². The summed E-state index contributed by atoms with van der Waals surface area (Å²) in [5.41, 5.74) is -0.0593. The van der Waals surface area contributed by atoms with Crippen LogP contribution in [-0.4, -0.2) is 49.0 Å². The molecule has 0 aromatic rings. The number of rotatable bonds is 3. The third-order valence-electron chi connectivity index (χ3n) is 2.83. The fourth-order valence-corrected chi connectivity index (χ4v) is 2.13. The summed E-state index contributed by atoms with van der Waals surface area (Å²) < 4.78 is 5.63. The summed E-state index contributed by atoms with van der Waals surface area (Å²) in [6, 6.07) is 0. The maximum Gasteiger partial charge on any atom is 0.0696 e. The van der Waals surface area contributed by atoms with Crippen LogP contribution in [0.3, 0.4) is 0 Å². The molecule has 1 unspecified atom stereocenters. The molecule has 1 fully saturated rings. The van der Waals surface area contributed by atoms with Crippen LogP contribution in [0.5, 0.6) is 0 Å². The Hall–Kier alpha value is 0.170. The van der Waals surface area contributed by atoms with Crippen molar-refractivity contribution in [1.29, 1.82) is 0 Å². The molecule has 0 aromatic carbocycles. The van der Waals surface area contributed by atoms with Gasteiger partial charge in [0.2, 0.25) is 0 Å². The summed E-state index contributed by atoms with van der Waals surface area (Å²) in [6.45, 7) is 5.73.